The molecular formula is C23H34N4O2. The summed E-state index contributed by atoms with van der Waals surface area (Å²) in [5.74, 6) is 0.824. The Bertz CT molecular complexity index is 833. The number of para-hydroxylation sites is 2. The third-order valence-electron chi connectivity index (χ3n) is 5.51. The Morgan fingerprint density at radius 2 is 1.86 bits per heavy atom. The fourth-order valence-corrected chi connectivity index (χ4v) is 3.56. The Labute approximate surface area is 174 Å². The predicted octanol–water partition coefficient (Wildman–Crippen LogP) is 3.70. The average Bonchev–Trinajstić information content (AvgIpc) is 3.08. The number of hydrogen-bond donors (Lipinski definition) is 1. The summed E-state index contributed by atoms with van der Waals surface area (Å²) >= 11 is 0. The first-order valence-corrected chi connectivity index (χ1v) is 10.6. The number of imidazole rings is 1. The van der Waals surface area contributed by atoms with Crippen molar-refractivity contribution < 1.29 is 9.59 Å². The first-order valence-electron chi connectivity index (χ1n) is 10.6. The number of aryl methyl sites for hydroxylation is 1. The largest absolute Gasteiger partial charge is 0.353 e. The van der Waals surface area contributed by atoms with Crippen LogP contribution in [0.15, 0.2) is 36.9 Å². The SMILES string of the molecule is C=CC(=O)NCCCc1nc2ccccc2n1CC(=O)N(C(C)CC)C(C)CC. The normalized spacial score (nSPS) is 13.1. The van der Waals surface area contributed by atoms with Crippen LogP contribution in [0.5, 0.6) is 0 Å². The minimum atomic E-state index is -0.175. The quantitative estimate of drug-likeness (QED) is 0.464. The number of carbonyl (C=O) groups excluding carboxylic acids is 2. The number of hydrogen-bond acceptors (Lipinski definition) is 3. The highest BCUT2D eigenvalue weighted by atomic mass is 16.2. The molecule has 29 heavy (non-hydrogen) atoms. The zero-order chi connectivity index (χ0) is 21.4. The molecule has 0 spiro atoms. The van der Waals surface area contributed by atoms with Crippen molar-refractivity contribution in [3.8, 4) is 0 Å². The molecule has 6 heteroatoms. The van der Waals surface area contributed by atoms with Gasteiger partial charge in [0.05, 0.1) is 11.0 Å². The number of rotatable bonds is 11. The van der Waals surface area contributed by atoms with Crippen LogP contribution in [0.25, 0.3) is 11.0 Å². The second-order valence-corrected chi connectivity index (χ2v) is 7.52. The van der Waals surface area contributed by atoms with E-state index in [2.05, 4.69) is 39.6 Å². The van der Waals surface area contributed by atoms with E-state index in [-0.39, 0.29) is 30.4 Å². The molecule has 0 radical (unpaired) electrons. The molecule has 0 aliphatic rings. The van der Waals surface area contributed by atoms with Crippen molar-refractivity contribution >= 4 is 22.8 Å². The lowest BCUT2D eigenvalue weighted by molar-refractivity contribution is -0.136. The van der Waals surface area contributed by atoms with Crippen LogP contribution < -0.4 is 5.32 Å². The van der Waals surface area contributed by atoms with Gasteiger partial charge >= 0.3 is 0 Å². The van der Waals surface area contributed by atoms with Gasteiger partial charge < -0.3 is 14.8 Å². The number of carbonyl (C=O) groups is 2. The lowest BCUT2D eigenvalue weighted by atomic mass is 10.1. The maximum Gasteiger partial charge on any atom is 0.243 e. The Morgan fingerprint density at radius 1 is 1.21 bits per heavy atom. The summed E-state index contributed by atoms with van der Waals surface area (Å²) in [5, 5.41) is 2.79. The Morgan fingerprint density at radius 3 is 2.48 bits per heavy atom. The molecule has 2 rings (SSSR count). The fourth-order valence-electron chi connectivity index (χ4n) is 3.56. The highest BCUT2D eigenvalue weighted by Gasteiger charge is 2.25. The maximum absolute atomic E-state index is 13.3. The molecule has 0 bridgehead atoms. The van der Waals surface area contributed by atoms with Crippen LogP contribution in [0.2, 0.25) is 0 Å². The molecule has 2 amide bonds. The van der Waals surface area contributed by atoms with E-state index < -0.39 is 0 Å². The highest BCUT2D eigenvalue weighted by molar-refractivity contribution is 5.86. The van der Waals surface area contributed by atoms with Crippen molar-refractivity contribution in [2.24, 2.45) is 0 Å². The molecule has 0 saturated heterocycles. The summed E-state index contributed by atoms with van der Waals surface area (Å²) in [5.41, 5.74) is 1.86. The molecule has 1 aromatic carbocycles. The number of aromatic nitrogens is 2. The second kappa shape index (κ2) is 10.8. The predicted molar refractivity (Wildman–Crippen MR) is 118 cm³/mol. The molecule has 1 heterocycles. The number of nitrogens with one attached hydrogen (secondary N) is 1. The number of nitrogens with zero attached hydrogens (tertiary/aromatic N) is 3. The van der Waals surface area contributed by atoms with Crippen molar-refractivity contribution in [1.29, 1.82) is 0 Å². The molecule has 0 fully saturated rings. The van der Waals surface area contributed by atoms with Gasteiger partial charge in [0.15, 0.2) is 0 Å². The Kier molecular flexibility index (Phi) is 8.43. The molecule has 2 aromatic rings. The molecule has 0 aliphatic heterocycles. The van der Waals surface area contributed by atoms with Crippen LogP contribution in [0, 0.1) is 0 Å². The van der Waals surface area contributed by atoms with Crippen LogP contribution in [-0.4, -0.2) is 44.9 Å². The van der Waals surface area contributed by atoms with E-state index in [1.54, 1.807) is 0 Å². The summed E-state index contributed by atoms with van der Waals surface area (Å²) in [6.07, 6.45) is 4.56. The van der Waals surface area contributed by atoms with Crippen LogP contribution in [0.4, 0.5) is 0 Å². The molecule has 0 saturated carbocycles. The van der Waals surface area contributed by atoms with E-state index in [4.69, 9.17) is 4.98 Å². The summed E-state index contributed by atoms with van der Waals surface area (Å²) in [6, 6.07) is 8.31. The van der Waals surface area contributed by atoms with Gasteiger partial charge in [0.2, 0.25) is 11.8 Å². The third kappa shape index (κ3) is 5.68. The maximum atomic E-state index is 13.3. The van der Waals surface area contributed by atoms with Gasteiger partial charge in [0, 0.05) is 25.0 Å². The minimum absolute atomic E-state index is 0.123. The monoisotopic (exact) mass is 398 g/mol. The molecular weight excluding hydrogens is 364 g/mol. The van der Waals surface area contributed by atoms with E-state index in [0.717, 1.165) is 36.1 Å². The summed E-state index contributed by atoms with van der Waals surface area (Å²) in [6.45, 7) is 12.7. The standard InChI is InChI=1S/C23H34N4O2/c1-6-17(4)27(18(5)7-2)23(29)16-26-20-13-10-9-12-19(20)25-21(26)14-11-15-24-22(28)8-3/h8-10,12-13,17-18H,3,6-7,11,14-16H2,1-2,4-5H3,(H,24,28). The molecule has 2 unspecified atom stereocenters. The van der Waals surface area contributed by atoms with Crippen LogP contribution in [0.3, 0.4) is 0 Å². The first kappa shape index (κ1) is 22.7. The highest BCUT2D eigenvalue weighted by Crippen LogP contribution is 2.19. The summed E-state index contributed by atoms with van der Waals surface area (Å²) < 4.78 is 2.03. The van der Waals surface area contributed by atoms with E-state index in [1.807, 2.05) is 33.7 Å². The van der Waals surface area contributed by atoms with Gasteiger partial charge in [-0.2, -0.15) is 0 Å². The number of fused-ring (bicyclic) bond motifs is 1. The topological polar surface area (TPSA) is 67.2 Å². The number of benzene rings is 1. The average molecular weight is 399 g/mol. The minimum Gasteiger partial charge on any atom is -0.353 e. The summed E-state index contributed by atoms with van der Waals surface area (Å²) in [7, 11) is 0. The molecule has 1 aromatic heterocycles. The van der Waals surface area contributed by atoms with Crippen molar-refractivity contribution in [2.75, 3.05) is 6.54 Å². The van der Waals surface area contributed by atoms with Gasteiger partial charge in [0.1, 0.15) is 12.4 Å². The van der Waals surface area contributed by atoms with Crippen molar-refractivity contribution in [3.05, 3.63) is 42.7 Å². The molecule has 158 valence electrons. The summed E-state index contributed by atoms with van der Waals surface area (Å²) in [4.78, 5) is 31.4. The molecule has 2 atom stereocenters. The van der Waals surface area contributed by atoms with Crippen LogP contribution in [-0.2, 0) is 22.6 Å². The van der Waals surface area contributed by atoms with E-state index in [0.29, 0.717) is 13.0 Å². The molecule has 0 aliphatic carbocycles. The third-order valence-corrected chi connectivity index (χ3v) is 5.51. The van der Waals surface area contributed by atoms with Crippen LogP contribution >= 0.6 is 0 Å². The van der Waals surface area contributed by atoms with Gasteiger partial charge in [-0.05, 0) is 51.3 Å². The Hall–Kier alpha value is -2.63. The second-order valence-electron chi connectivity index (χ2n) is 7.52. The van der Waals surface area contributed by atoms with Crippen molar-refractivity contribution in [2.45, 2.75) is 72.0 Å². The lowest BCUT2D eigenvalue weighted by Crippen LogP contribution is -2.45. The fraction of sp³-hybridized carbons (Fsp3) is 0.522. The zero-order valence-corrected chi connectivity index (χ0v) is 18.1. The van der Waals surface area contributed by atoms with Crippen molar-refractivity contribution in [3.63, 3.8) is 0 Å². The van der Waals surface area contributed by atoms with Gasteiger partial charge in [-0.25, -0.2) is 4.98 Å². The van der Waals surface area contributed by atoms with Crippen molar-refractivity contribution in [1.82, 2.24) is 19.8 Å². The van der Waals surface area contributed by atoms with Crippen LogP contribution in [0.1, 0.15) is 52.8 Å². The van der Waals surface area contributed by atoms with E-state index in [1.165, 1.54) is 6.08 Å². The smallest absolute Gasteiger partial charge is 0.243 e. The Balaban J connectivity index is 2.24. The number of amides is 2. The molecule has 6 nitrogen and oxygen atoms in total. The molecule has 1 N–H and O–H groups in total. The van der Waals surface area contributed by atoms with Gasteiger partial charge in [-0.1, -0.05) is 32.6 Å². The van der Waals surface area contributed by atoms with Gasteiger partial charge in [-0.15, -0.1) is 0 Å². The first-order chi connectivity index (χ1) is 13.9. The van der Waals surface area contributed by atoms with Gasteiger partial charge in [-0.3, -0.25) is 9.59 Å². The zero-order valence-electron chi connectivity index (χ0n) is 18.1. The van der Waals surface area contributed by atoms with E-state index >= 15 is 0 Å². The lowest BCUT2D eigenvalue weighted by Gasteiger charge is -2.34. The van der Waals surface area contributed by atoms with Gasteiger partial charge in [0.25, 0.3) is 0 Å². The van der Waals surface area contributed by atoms with E-state index in [9.17, 15) is 9.59 Å².